The molecule has 0 radical (unpaired) electrons. The Morgan fingerprint density at radius 3 is 2.61 bits per heavy atom. The first kappa shape index (κ1) is 11.1. The molecule has 0 bridgehead atoms. The van der Waals surface area contributed by atoms with Crippen molar-refractivity contribution in [2.75, 3.05) is 17.6 Å². The Hall–Kier alpha value is -1.96. The minimum Gasteiger partial charge on any atom is -0.399 e. The van der Waals surface area contributed by atoms with Gasteiger partial charge in [-0.25, -0.2) is 0 Å². The Morgan fingerprint density at radius 2 is 1.78 bits per heavy atom. The molecule has 0 amide bonds. The van der Waals surface area contributed by atoms with Crippen molar-refractivity contribution in [1.82, 2.24) is 0 Å². The zero-order valence-electron chi connectivity index (χ0n) is 10.4. The lowest BCUT2D eigenvalue weighted by Crippen LogP contribution is -2.11. The minimum absolute atomic E-state index is 0.827. The second kappa shape index (κ2) is 4.73. The number of nitrogens with two attached hydrogens (primary N) is 1. The van der Waals surface area contributed by atoms with Crippen LogP contribution in [0.15, 0.2) is 42.5 Å². The average Bonchev–Trinajstić information content (AvgIpc) is 2.41. The molecule has 0 aromatic heterocycles. The van der Waals surface area contributed by atoms with Crippen LogP contribution in [0, 0.1) is 0 Å². The molecule has 0 saturated carbocycles. The van der Waals surface area contributed by atoms with Crippen LogP contribution in [-0.2, 0) is 12.8 Å². The number of rotatable bonds is 2. The molecule has 2 aromatic rings. The van der Waals surface area contributed by atoms with Gasteiger partial charge < -0.3 is 11.1 Å². The fourth-order valence-corrected chi connectivity index (χ4v) is 2.51. The van der Waals surface area contributed by atoms with Crippen LogP contribution in [0.5, 0.6) is 0 Å². The highest BCUT2D eigenvalue weighted by molar-refractivity contribution is 5.55. The second-order valence-corrected chi connectivity index (χ2v) is 4.94. The van der Waals surface area contributed by atoms with E-state index in [-0.39, 0.29) is 0 Å². The lowest BCUT2D eigenvalue weighted by molar-refractivity contribution is 0.828. The first-order valence-electron chi connectivity index (χ1n) is 6.51. The summed E-state index contributed by atoms with van der Waals surface area (Å²) in [6, 6.07) is 14.9. The van der Waals surface area contributed by atoms with Crippen LogP contribution >= 0.6 is 0 Å². The highest BCUT2D eigenvalue weighted by atomic mass is 14.9. The Labute approximate surface area is 108 Å². The Balaban J connectivity index is 1.82. The monoisotopic (exact) mass is 238 g/mol. The van der Waals surface area contributed by atoms with Crippen molar-refractivity contribution < 1.29 is 0 Å². The van der Waals surface area contributed by atoms with Crippen molar-refractivity contribution in [2.45, 2.75) is 19.3 Å². The van der Waals surface area contributed by atoms with E-state index in [1.165, 1.54) is 35.2 Å². The molecule has 3 N–H and O–H groups in total. The van der Waals surface area contributed by atoms with E-state index in [9.17, 15) is 0 Å². The number of nitrogen functional groups attached to an aromatic ring is 1. The molecular weight excluding hydrogens is 220 g/mol. The zero-order valence-corrected chi connectivity index (χ0v) is 10.4. The maximum Gasteiger partial charge on any atom is 0.0372 e. The standard InChI is InChI=1S/C16H18N2/c17-15-6-3-12(4-7-15)10-13-5-8-16-14(11-13)2-1-9-18-16/h3-8,11,18H,1-2,9-10,17H2. The van der Waals surface area contributed by atoms with Crippen molar-refractivity contribution >= 4 is 11.4 Å². The summed E-state index contributed by atoms with van der Waals surface area (Å²) in [7, 11) is 0. The van der Waals surface area contributed by atoms with Crippen molar-refractivity contribution in [3.8, 4) is 0 Å². The SMILES string of the molecule is Nc1ccc(Cc2ccc3c(c2)CCCN3)cc1. The molecular formula is C16H18N2. The van der Waals surface area contributed by atoms with Crippen molar-refractivity contribution in [3.63, 3.8) is 0 Å². The highest BCUT2D eigenvalue weighted by Crippen LogP contribution is 2.24. The Kier molecular flexibility index (Phi) is 2.93. The quantitative estimate of drug-likeness (QED) is 0.788. The van der Waals surface area contributed by atoms with Gasteiger partial charge in [0.15, 0.2) is 0 Å². The zero-order chi connectivity index (χ0) is 12.4. The molecule has 1 aliphatic rings. The summed E-state index contributed by atoms with van der Waals surface area (Å²) in [6.07, 6.45) is 3.41. The second-order valence-electron chi connectivity index (χ2n) is 4.94. The van der Waals surface area contributed by atoms with Crippen LogP contribution in [0.3, 0.4) is 0 Å². The topological polar surface area (TPSA) is 38.0 Å². The van der Waals surface area contributed by atoms with Gasteiger partial charge in [-0.1, -0.05) is 24.3 Å². The van der Waals surface area contributed by atoms with E-state index in [1.807, 2.05) is 12.1 Å². The summed E-state index contributed by atoms with van der Waals surface area (Å²) in [5, 5.41) is 3.44. The third-order valence-electron chi connectivity index (χ3n) is 3.50. The van der Waals surface area contributed by atoms with E-state index < -0.39 is 0 Å². The molecule has 92 valence electrons. The molecule has 0 aliphatic carbocycles. The van der Waals surface area contributed by atoms with Gasteiger partial charge in [0.25, 0.3) is 0 Å². The first-order valence-corrected chi connectivity index (χ1v) is 6.51. The fraction of sp³-hybridized carbons (Fsp3) is 0.250. The van der Waals surface area contributed by atoms with Gasteiger partial charge in [0.1, 0.15) is 0 Å². The van der Waals surface area contributed by atoms with Crippen LogP contribution in [0.25, 0.3) is 0 Å². The van der Waals surface area contributed by atoms with E-state index in [0.29, 0.717) is 0 Å². The van der Waals surface area contributed by atoms with Gasteiger partial charge in [-0.3, -0.25) is 0 Å². The molecule has 0 fully saturated rings. The molecule has 0 atom stereocenters. The number of fused-ring (bicyclic) bond motifs is 1. The molecule has 1 heterocycles. The molecule has 18 heavy (non-hydrogen) atoms. The lowest BCUT2D eigenvalue weighted by Gasteiger charge is -2.18. The van der Waals surface area contributed by atoms with Gasteiger partial charge >= 0.3 is 0 Å². The number of aryl methyl sites for hydroxylation is 1. The van der Waals surface area contributed by atoms with Crippen molar-refractivity contribution in [2.24, 2.45) is 0 Å². The van der Waals surface area contributed by atoms with Crippen molar-refractivity contribution in [1.29, 1.82) is 0 Å². The summed E-state index contributed by atoms with van der Waals surface area (Å²) in [5.41, 5.74) is 12.0. The third-order valence-corrected chi connectivity index (χ3v) is 3.50. The fourth-order valence-electron chi connectivity index (χ4n) is 2.51. The molecule has 2 heteroatoms. The van der Waals surface area contributed by atoms with E-state index in [2.05, 4.69) is 35.6 Å². The maximum absolute atomic E-state index is 5.70. The molecule has 1 aliphatic heterocycles. The molecule has 2 aromatic carbocycles. The molecule has 0 spiro atoms. The minimum atomic E-state index is 0.827. The van der Waals surface area contributed by atoms with Crippen LogP contribution in [0.1, 0.15) is 23.1 Å². The van der Waals surface area contributed by atoms with E-state index >= 15 is 0 Å². The van der Waals surface area contributed by atoms with Crippen LogP contribution in [0.4, 0.5) is 11.4 Å². The number of nitrogens with one attached hydrogen (secondary N) is 1. The average molecular weight is 238 g/mol. The number of benzene rings is 2. The first-order chi connectivity index (χ1) is 8.81. The van der Waals surface area contributed by atoms with Crippen LogP contribution < -0.4 is 11.1 Å². The predicted octanol–water partition coefficient (Wildman–Crippen LogP) is 3.22. The summed E-state index contributed by atoms with van der Waals surface area (Å²) >= 11 is 0. The van der Waals surface area contributed by atoms with Crippen LogP contribution in [-0.4, -0.2) is 6.54 Å². The molecule has 2 nitrogen and oxygen atoms in total. The largest absolute Gasteiger partial charge is 0.399 e. The summed E-state index contributed by atoms with van der Waals surface area (Å²) in [4.78, 5) is 0. The van der Waals surface area contributed by atoms with Crippen LogP contribution in [0.2, 0.25) is 0 Å². The van der Waals surface area contributed by atoms with E-state index in [1.54, 1.807) is 0 Å². The van der Waals surface area contributed by atoms with E-state index in [4.69, 9.17) is 5.73 Å². The summed E-state index contributed by atoms with van der Waals surface area (Å²) in [6.45, 7) is 1.10. The highest BCUT2D eigenvalue weighted by Gasteiger charge is 2.08. The normalized spacial score (nSPS) is 13.8. The van der Waals surface area contributed by atoms with Gasteiger partial charge in [0.05, 0.1) is 0 Å². The summed E-state index contributed by atoms with van der Waals surface area (Å²) < 4.78 is 0. The number of hydrogen-bond acceptors (Lipinski definition) is 2. The van der Waals surface area contributed by atoms with Gasteiger partial charge in [0.2, 0.25) is 0 Å². The smallest absolute Gasteiger partial charge is 0.0372 e. The van der Waals surface area contributed by atoms with Gasteiger partial charge in [-0.15, -0.1) is 0 Å². The summed E-state index contributed by atoms with van der Waals surface area (Å²) in [5.74, 6) is 0. The maximum atomic E-state index is 5.70. The van der Waals surface area contributed by atoms with Gasteiger partial charge in [-0.2, -0.15) is 0 Å². The molecule has 3 rings (SSSR count). The Morgan fingerprint density at radius 1 is 1.00 bits per heavy atom. The Bertz CT molecular complexity index is 544. The number of hydrogen-bond donors (Lipinski definition) is 2. The van der Waals surface area contributed by atoms with Gasteiger partial charge in [-0.05, 0) is 54.2 Å². The van der Waals surface area contributed by atoms with Crippen molar-refractivity contribution in [3.05, 3.63) is 59.2 Å². The molecule has 0 unspecified atom stereocenters. The lowest BCUT2D eigenvalue weighted by atomic mass is 9.97. The van der Waals surface area contributed by atoms with Gasteiger partial charge in [0, 0.05) is 17.9 Å². The molecule has 0 saturated heterocycles. The third kappa shape index (κ3) is 2.33. The number of anilines is 2. The van der Waals surface area contributed by atoms with E-state index in [0.717, 1.165) is 18.7 Å². The predicted molar refractivity (Wildman–Crippen MR) is 76.9 cm³/mol.